The predicted octanol–water partition coefficient (Wildman–Crippen LogP) is 5.55. The van der Waals surface area contributed by atoms with Crippen LogP contribution in [0.15, 0.2) is 46.5 Å². The molecule has 3 heterocycles. The summed E-state index contributed by atoms with van der Waals surface area (Å²) in [5, 5.41) is 0.912. The Hall–Kier alpha value is -1.87. The van der Waals surface area contributed by atoms with Crippen molar-refractivity contribution in [2.24, 2.45) is 5.92 Å². The highest BCUT2D eigenvalue weighted by Gasteiger charge is 2.29. The molecule has 2 saturated heterocycles. The van der Waals surface area contributed by atoms with Crippen molar-refractivity contribution < 1.29 is 13.2 Å². The Morgan fingerprint density at radius 2 is 1.94 bits per heavy atom. The Labute approximate surface area is 213 Å². The molecule has 5 rings (SSSR count). The summed E-state index contributed by atoms with van der Waals surface area (Å²) in [6.45, 7) is 9.11. The molecule has 2 aliphatic rings. The van der Waals surface area contributed by atoms with E-state index in [1.54, 1.807) is 28.2 Å². The number of aromatic nitrogens is 2. The maximum absolute atomic E-state index is 13.4. The number of sulfonamides is 1. The second-order valence-corrected chi connectivity index (χ2v) is 13.0. The lowest BCUT2D eigenvalue weighted by Gasteiger charge is -2.30. The van der Waals surface area contributed by atoms with Crippen LogP contribution in [-0.2, 0) is 27.1 Å². The van der Waals surface area contributed by atoms with E-state index in [4.69, 9.17) is 9.72 Å². The van der Waals surface area contributed by atoms with Gasteiger partial charge in [0.25, 0.3) is 0 Å². The number of thioether (sulfide) groups is 1. The molecule has 3 aromatic rings. The van der Waals surface area contributed by atoms with E-state index >= 15 is 0 Å². The van der Waals surface area contributed by atoms with Crippen LogP contribution < -0.4 is 0 Å². The van der Waals surface area contributed by atoms with Gasteiger partial charge < -0.3 is 9.30 Å². The molecule has 2 aliphatic heterocycles. The van der Waals surface area contributed by atoms with Crippen LogP contribution in [0.4, 0.5) is 0 Å². The molecular formula is C27H35N3O3S2. The van der Waals surface area contributed by atoms with E-state index in [1.807, 2.05) is 6.07 Å². The van der Waals surface area contributed by atoms with Gasteiger partial charge in [0.2, 0.25) is 10.0 Å². The lowest BCUT2D eigenvalue weighted by Crippen LogP contribution is -2.39. The highest BCUT2D eigenvalue weighted by molar-refractivity contribution is 7.98. The van der Waals surface area contributed by atoms with E-state index in [0.29, 0.717) is 23.9 Å². The van der Waals surface area contributed by atoms with Gasteiger partial charge in [-0.15, -0.1) is 0 Å². The van der Waals surface area contributed by atoms with Gasteiger partial charge in [-0.2, -0.15) is 4.31 Å². The summed E-state index contributed by atoms with van der Waals surface area (Å²) in [7, 11) is -3.52. The molecule has 2 fully saturated rings. The van der Waals surface area contributed by atoms with Crippen molar-refractivity contribution in [3.05, 3.63) is 53.1 Å². The Balaban J connectivity index is 1.46. The van der Waals surface area contributed by atoms with Crippen LogP contribution >= 0.6 is 11.8 Å². The SMILES string of the molecule is Cc1ccc(CSc2nc3cc(S(=O)(=O)N4CCCC(C)C4)ccc3n2CC2CCCO2)cc1C. The Morgan fingerprint density at radius 1 is 1.09 bits per heavy atom. The van der Waals surface area contributed by atoms with Gasteiger partial charge in [0.15, 0.2) is 5.16 Å². The van der Waals surface area contributed by atoms with Gasteiger partial charge in [-0.05, 0) is 80.3 Å². The molecule has 2 aromatic carbocycles. The largest absolute Gasteiger partial charge is 0.376 e. The van der Waals surface area contributed by atoms with Crippen LogP contribution in [-0.4, -0.2) is 48.1 Å². The molecule has 0 spiro atoms. The van der Waals surface area contributed by atoms with Gasteiger partial charge >= 0.3 is 0 Å². The summed E-state index contributed by atoms with van der Waals surface area (Å²) in [6, 6.07) is 12.0. The summed E-state index contributed by atoms with van der Waals surface area (Å²) in [5.74, 6) is 1.20. The quantitative estimate of drug-likeness (QED) is 0.388. The second kappa shape index (κ2) is 10.2. The summed E-state index contributed by atoms with van der Waals surface area (Å²) in [5.41, 5.74) is 5.54. The fourth-order valence-corrected chi connectivity index (χ4v) is 7.67. The van der Waals surface area contributed by atoms with Crippen LogP contribution in [0.3, 0.4) is 0 Å². The fraction of sp³-hybridized carbons (Fsp3) is 0.519. The molecule has 8 heteroatoms. The fourth-order valence-electron chi connectivity index (χ4n) is 5.08. The summed E-state index contributed by atoms with van der Waals surface area (Å²) >= 11 is 1.70. The molecule has 1 aromatic heterocycles. The van der Waals surface area contributed by atoms with Crippen LogP contribution in [0.5, 0.6) is 0 Å². The van der Waals surface area contributed by atoms with Crippen molar-refractivity contribution >= 4 is 32.8 Å². The first kappa shape index (κ1) is 24.8. The molecule has 6 nitrogen and oxygen atoms in total. The number of hydrogen-bond acceptors (Lipinski definition) is 5. The molecule has 0 radical (unpaired) electrons. The number of benzene rings is 2. The molecule has 0 saturated carbocycles. The number of aryl methyl sites for hydroxylation is 2. The maximum Gasteiger partial charge on any atom is 0.243 e. The smallest absolute Gasteiger partial charge is 0.243 e. The zero-order valence-electron chi connectivity index (χ0n) is 20.9. The molecular weight excluding hydrogens is 478 g/mol. The minimum Gasteiger partial charge on any atom is -0.376 e. The van der Waals surface area contributed by atoms with Gasteiger partial charge in [-0.3, -0.25) is 0 Å². The lowest BCUT2D eigenvalue weighted by atomic mass is 10.0. The van der Waals surface area contributed by atoms with E-state index in [9.17, 15) is 8.42 Å². The number of imidazole rings is 1. The van der Waals surface area contributed by atoms with E-state index in [1.165, 1.54) is 16.7 Å². The van der Waals surface area contributed by atoms with Gasteiger partial charge in [0.1, 0.15) is 0 Å². The number of ether oxygens (including phenoxy) is 1. The number of nitrogens with zero attached hydrogens (tertiary/aromatic N) is 3. The highest BCUT2D eigenvalue weighted by atomic mass is 32.2. The molecule has 188 valence electrons. The molecule has 0 amide bonds. The third-order valence-corrected chi connectivity index (χ3v) is 10.2. The minimum absolute atomic E-state index is 0.173. The number of piperidine rings is 1. The number of rotatable bonds is 7. The van der Waals surface area contributed by atoms with E-state index in [0.717, 1.165) is 60.8 Å². The Kier molecular flexibility index (Phi) is 7.26. The summed E-state index contributed by atoms with van der Waals surface area (Å²) in [6.07, 6.45) is 4.30. The zero-order chi connectivity index (χ0) is 24.6. The van der Waals surface area contributed by atoms with E-state index in [-0.39, 0.29) is 6.10 Å². The van der Waals surface area contributed by atoms with Crippen LogP contribution in [0.25, 0.3) is 11.0 Å². The highest BCUT2D eigenvalue weighted by Crippen LogP contribution is 2.31. The van der Waals surface area contributed by atoms with Gasteiger partial charge in [-0.25, -0.2) is 13.4 Å². The normalized spacial score (nSPS) is 21.7. The Bertz CT molecular complexity index is 1310. The minimum atomic E-state index is -3.52. The first-order valence-corrected chi connectivity index (χ1v) is 15.0. The summed E-state index contributed by atoms with van der Waals surface area (Å²) in [4.78, 5) is 5.27. The van der Waals surface area contributed by atoms with Gasteiger partial charge in [0, 0.05) is 25.4 Å². The van der Waals surface area contributed by atoms with Crippen molar-refractivity contribution in [2.45, 2.75) is 74.9 Å². The molecule has 0 N–H and O–H groups in total. The van der Waals surface area contributed by atoms with Crippen molar-refractivity contribution in [2.75, 3.05) is 19.7 Å². The second-order valence-electron chi connectivity index (χ2n) is 10.1. The number of fused-ring (bicyclic) bond motifs is 1. The van der Waals surface area contributed by atoms with Crippen molar-refractivity contribution in [3.63, 3.8) is 0 Å². The molecule has 0 aliphatic carbocycles. The number of hydrogen-bond donors (Lipinski definition) is 0. The molecule has 35 heavy (non-hydrogen) atoms. The van der Waals surface area contributed by atoms with E-state index in [2.05, 4.69) is 43.5 Å². The first-order chi connectivity index (χ1) is 16.8. The lowest BCUT2D eigenvalue weighted by molar-refractivity contribution is 0.0960. The van der Waals surface area contributed by atoms with Crippen molar-refractivity contribution in [1.82, 2.24) is 13.9 Å². The van der Waals surface area contributed by atoms with Crippen LogP contribution in [0.2, 0.25) is 0 Å². The zero-order valence-corrected chi connectivity index (χ0v) is 22.5. The monoisotopic (exact) mass is 513 g/mol. The van der Waals surface area contributed by atoms with Crippen molar-refractivity contribution in [1.29, 1.82) is 0 Å². The average molecular weight is 514 g/mol. The van der Waals surface area contributed by atoms with Crippen LogP contribution in [0, 0.1) is 19.8 Å². The average Bonchev–Trinajstić information content (AvgIpc) is 3.48. The topological polar surface area (TPSA) is 64.4 Å². The van der Waals surface area contributed by atoms with Crippen molar-refractivity contribution in [3.8, 4) is 0 Å². The van der Waals surface area contributed by atoms with Crippen LogP contribution in [0.1, 0.15) is 49.3 Å². The molecule has 2 atom stereocenters. The molecule has 2 unspecified atom stereocenters. The van der Waals surface area contributed by atoms with E-state index < -0.39 is 10.0 Å². The van der Waals surface area contributed by atoms with Gasteiger partial charge in [0.05, 0.1) is 28.6 Å². The standard InChI is InChI=1S/C27H35N3O3S2/c1-19-6-4-12-29(16-19)35(31,32)24-10-11-26-25(15-24)28-27(30(26)17-23-7-5-13-33-23)34-18-22-9-8-20(2)21(3)14-22/h8-11,14-15,19,23H,4-7,12-13,16-18H2,1-3H3. The summed E-state index contributed by atoms with van der Waals surface area (Å²) < 4.78 is 36.6. The third-order valence-electron chi connectivity index (χ3n) is 7.29. The van der Waals surface area contributed by atoms with Gasteiger partial charge in [-0.1, -0.05) is 36.9 Å². The third kappa shape index (κ3) is 5.31. The maximum atomic E-state index is 13.4. The first-order valence-electron chi connectivity index (χ1n) is 12.6. The predicted molar refractivity (Wildman–Crippen MR) is 141 cm³/mol. The Morgan fingerprint density at radius 3 is 2.69 bits per heavy atom. The molecule has 0 bridgehead atoms.